The van der Waals surface area contributed by atoms with Crippen LogP contribution in [0, 0.1) is 0 Å². The van der Waals surface area contributed by atoms with Crippen molar-refractivity contribution < 1.29 is 4.79 Å². The van der Waals surface area contributed by atoms with Crippen LogP contribution in [-0.2, 0) is 4.79 Å². The maximum atomic E-state index is 12.8. The predicted molar refractivity (Wildman–Crippen MR) is 85.5 cm³/mol. The summed E-state index contributed by atoms with van der Waals surface area (Å²) in [4.78, 5) is 24.5. The Morgan fingerprint density at radius 2 is 1.76 bits per heavy atom. The van der Waals surface area contributed by atoms with Gasteiger partial charge in [-0.2, -0.15) is 0 Å². The topological polar surface area (TPSA) is 65.1 Å². The predicted octanol–water partition coefficient (Wildman–Crippen LogP) is 2.89. The van der Waals surface area contributed by atoms with E-state index in [4.69, 9.17) is 5.73 Å². The van der Waals surface area contributed by atoms with E-state index in [1.54, 1.807) is 29.7 Å². The molecule has 0 aliphatic heterocycles. The lowest BCUT2D eigenvalue weighted by atomic mass is 10.0. The summed E-state index contributed by atoms with van der Waals surface area (Å²) in [5.41, 5.74) is 7.10. The summed E-state index contributed by atoms with van der Waals surface area (Å²) in [6.07, 6.45) is 0. The third-order valence-corrected chi connectivity index (χ3v) is 3.92. The molecule has 3 aromatic rings. The molecule has 1 aromatic heterocycles. The van der Waals surface area contributed by atoms with Crippen LogP contribution in [0.1, 0.15) is 19.9 Å². The van der Waals surface area contributed by atoms with Crippen molar-refractivity contribution in [3.05, 3.63) is 52.8 Å². The molecule has 3 rings (SSSR count). The molecule has 0 aliphatic rings. The molecule has 0 aliphatic carbocycles. The molecule has 1 unspecified atom stereocenters. The number of ketones is 1. The average Bonchev–Trinajstić information content (AvgIpc) is 2.48. The number of rotatable bonds is 2. The lowest BCUT2D eigenvalue weighted by Gasteiger charge is -2.17. The Morgan fingerprint density at radius 3 is 2.43 bits per heavy atom. The zero-order chi connectivity index (χ0) is 15.1. The van der Waals surface area contributed by atoms with Crippen molar-refractivity contribution in [3.63, 3.8) is 0 Å². The number of pyridine rings is 1. The van der Waals surface area contributed by atoms with Gasteiger partial charge in [0, 0.05) is 16.5 Å². The zero-order valence-corrected chi connectivity index (χ0v) is 12.0. The maximum Gasteiger partial charge on any atom is 0.259 e. The first-order chi connectivity index (χ1) is 10.0. The van der Waals surface area contributed by atoms with E-state index in [0.29, 0.717) is 11.1 Å². The van der Waals surface area contributed by atoms with E-state index in [9.17, 15) is 9.59 Å². The number of benzene rings is 2. The monoisotopic (exact) mass is 280 g/mol. The summed E-state index contributed by atoms with van der Waals surface area (Å²) >= 11 is 0. The van der Waals surface area contributed by atoms with Gasteiger partial charge in [0.05, 0.1) is 11.6 Å². The van der Waals surface area contributed by atoms with Gasteiger partial charge < -0.3 is 5.73 Å². The first kappa shape index (κ1) is 13.4. The van der Waals surface area contributed by atoms with E-state index in [0.717, 1.165) is 16.3 Å². The van der Waals surface area contributed by atoms with Gasteiger partial charge in [0.25, 0.3) is 5.56 Å². The van der Waals surface area contributed by atoms with E-state index in [1.807, 2.05) is 24.3 Å². The van der Waals surface area contributed by atoms with Gasteiger partial charge in [-0.1, -0.05) is 18.2 Å². The molecule has 0 bridgehead atoms. The minimum absolute atomic E-state index is 0.0505. The molecule has 1 heterocycles. The standard InChI is InChI=1S/C17H16N2O2/c1-10(11(2)20)19-16-8-7-12(18)9-15(16)13-5-3-4-6-14(13)17(19)21/h3-10H,18H2,1-2H3. The highest BCUT2D eigenvalue weighted by Gasteiger charge is 2.17. The molecule has 0 fully saturated rings. The minimum Gasteiger partial charge on any atom is -0.399 e. The Balaban J connectivity index is 2.59. The Labute approximate surface area is 121 Å². The highest BCUT2D eigenvalue weighted by molar-refractivity contribution is 6.07. The molecule has 0 saturated heterocycles. The normalized spacial score (nSPS) is 12.7. The number of fused-ring (bicyclic) bond motifs is 3. The lowest BCUT2D eigenvalue weighted by molar-refractivity contribution is -0.119. The molecule has 0 spiro atoms. The fourth-order valence-corrected chi connectivity index (χ4v) is 2.69. The molecule has 21 heavy (non-hydrogen) atoms. The summed E-state index contributed by atoms with van der Waals surface area (Å²) in [5, 5.41) is 2.35. The molecule has 106 valence electrons. The average molecular weight is 280 g/mol. The van der Waals surface area contributed by atoms with Crippen molar-refractivity contribution in [1.29, 1.82) is 0 Å². The largest absolute Gasteiger partial charge is 0.399 e. The van der Waals surface area contributed by atoms with Crippen LogP contribution in [0.2, 0.25) is 0 Å². The lowest BCUT2D eigenvalue weighted by Crippen LogP contribution is -2.27. The van der Waals surface area contributed by atoms with Crippen molar-refractivity contribution >= 4 is 33.1 Å². The SMILES string of the molecule is CC(=O)C(C)n1c(=O)c2ccccc2c2cc(N)ccc21. The second kappa shape index (κ2) is 4.74. The van der Waals surface area contributed by atoms with Crippen LogP contribution < -0.4 is 11.3 Å². The molecular formula is C17H16N2O2. The fourth-order valence-electron chi connectivity index (χ4n) is 2.69. The van der Waals surface area contributed by atoms with Crippen LogP contribution in [0.25, 0.3) is 21.7 Å². The number of anilines is 1. The highest BCUT2D eigenvalue weighted by Crippen LogP contribution is 2.26. The number of nitrogens with zero attached hydrogens (tertiary/aromatic N) is 1. The van der Waals surface area contributed by atoms with Gasteiger partial charge in [-0.3, -0.25) is 14.2 Å². The molecule has 0 radical (unpaired) electrons. The van der Waals surface area contributed by atoms with Gasteiger partial charge in [0.15, 0.2) is 5.78 Å². The molecule has 0 amide bonds. The molecule has 1 atom stereocenters. The summed E-state index contributed by atoms with van der Waals surface area (Å²) in [5.74, 6) is -0.0505. The number of nitrogen functional groups attached to an aromatic ring is 1. The zero-order valence-electron chi connectivity index (χ0n) is 12.0. The first-order valence-electron chi connectivity index (χ1n) is 6.83. The van der Waals surface area contributed by atoms with Crippen LogP contribution >= 0.6 is 0 Å². The molecule has 4 nitrogen and oxygen atoms in total. The van der Waals surface area contributed by atoms with E-state index >= 15 is 0 Å². The van der Waals surface area contributed by atoms with Crippen molar-refractivity contribution in [1.82, 2.24) is 4.57 Å². The van der Waals surface area contributed by atoms with Crippen molar-refractivity contribution in [2.45, 2.75) is 19.9 Å². The summed E-state index contributed by atoms with van der Waals surface area (Å²) in [7, 11) is 0. The highest BCUT2D eigenvalue weighted by atomic mass is 16.1. The number of nitrogens with two attached hydrogens (primary N) is 1. The second-order valence-corrected chi connectivity index (χ2v) is 5.28. The van der Waals surface area contributed by atoms with Gasteiger partial charge in [-0.05, 0) is 43.5 Å². The van der Waals surface area contributed by atoms with Crippen LogP contribution in [0.3, 0.4) is 0 Å². The van der Waals surface area contributed by atoms with Crippen molar-refractivity contribution in [2.24, 2.45) is 0 Å². The fraction of sp³-hybridized carbons (Fsp3) is 0.176. The second-order valence-electron chi connectivity index (χ2n) is 5.28. The van der Waals surface area contributed by atoms with Crippen LogP contribution in [-0.4, -0.2) is 10.4 Å². The van der Waals surface area contributed by atoms with Gasteiger partial charge in [0.2, 0.25) is 0 Å². The van der Waals surface area contributed by atoms with E-state index < -0.39 is 6.04 Å². The van der Waals surface area contributed by atoms with Crippen LogP contribution in [0.5, 0.6) is 0 Å². The third-order valence-electron chi connectivity index (χ3n) is 3.92. The number of carbonyl (C=O) groups is 1. The van der Waals surface area contributed by atoms with E-state index in [-0.39, 0.29) is 11.3 Å². The minimum atomic E-state index is -0.506. The van der Waals surface area contributed by atoms with Crippen LogP contribution in [0.4, 0.5) is 5.69 Å². The van der Waals surface area contributed by atoms with E-state index in [2.05, 4.69) is 0 Å². The Morgan fingerprint density at radius 1 is 1.10 bits per heavy atom. The molecular weight excluding hydrogens is 264 g/mol. The van der Waals surface area contributed by atoms with Gasteiger partial charge in [-0.15, -0.1) is 0 Å². The Bertz CT molecular complexity index is 925. The number of hydrogen-bond donors (Lipinski definition) is 1. The smallest absolute Gasteiger partial charge is 0.259 e. The maximum absolute atomic E-state index is 12.8. The summed E-state index contributed by atoms with van der Waals surface area (Å²) in [6.45, 7) is 3.24. The van der Waals surface area contributed by atoms with E-state index in [1.165, 1.54) is 6.92 Å². The molecule has 2 aromatic carbocycles. The van der Waals surface area contributed by atoms with Gasteiger partial charge in [-0.25, -0.2) is 0 Å². The molecule has 0 saturated carbocycles. The number of aromatic nitrogens is 1. The van der Waals surface area contributed by atoms with Gasteiger partial charge in [0.1, 0.15) is 0 Å². The summed E-state index contributed by atoms with van der Waals surface area (Å²) < 4.78 is 1.56. The molecule has 2 N–H and O–H groups in total. The summed E-state index contributed by atoms with van der Waals surface area (Å²) in [6, 6.07) is 12.3. The Hall–Kier alpha value is -2.62. The van der Waals surface area contributed by atoms with Crippen molar-refractivity contribution in [2.75, 3.05) is 5.73 Å². The van der Waals surface area contributed by atoms with Gasteiger partial charge >= 0.3 is 0 Å². The number of hydrogen-bond acceptors (Lipinski definition) is 3. The number of Topliss-reactive ketones (excluding diaryl/α,β-unsaturated/α-hetero) is 1. The quantitative estimate of drug-likeness (QED) is 0.580. The van der Waals surface area contributed by atoms with Crippen molar-refractivity contribution in [3.8, 4) is 0 Å². The first-order valence-corrected chi connectivity index (χ1v) is 6.83. The van der Waals surface area contributed by atoms with Crippen LogP contribution in [0.15, 0.2) is 47.3 Å². The number of carbonyl (C=O) groups excluding carboxylic acids is 1. The molecule has 4 heteroatoms. The third kappa shape index (κ3) is 2.00. The Kier molecular flexibility index (Phi) is 3.01.